The number of benzene rings is 1. The first-order valence-electron chi connectivity index (χ1n) is 7.46. The van der Waals surface area contributed by atoms with Crippen LogP contribution in [0.1, 0.15) is 55.1 Å². The first-order valence-corrected chi connectivity index (χ1v) is 7.46. The van der Waals surface area contributed by atoms with Crippen LogP contribution in [0.15, 0.2) is 24.3 Å². The van der Waals surface area contributed by atoms with E-state index in [9.17, 15) is 9.59 Å². The smallest absolute Gasteiger partial charge is 0.338 e. The second kappa shape index (κ2) is 6.34. The van der Waals surface area contributed by atoms with Gasteiger partial charge in [-0.1, -0.05) is 12.1 Å². The van der Waals surface area contributed by atoms with Gasteiger partial charge in [-0.15, -0.1) is 0 Å². The summed E-state index contributed by atoms with van der Waals surface area (Å²) in [7, 11) is 1.38. The predicted molar refractivity (Wildman–Crippen MR) is 84.5 cm³/mol. The molecule has 0 fully saturated rings. The number of rotatable bonds is 2. The number of ether oxygens (including phenoxy) is 2. The summed E-state index contributed by atoms with van der Waals surface area (Å²) < 4.78 is 10.2. The Labute approximate surface area is 131 Å². The zero-order valence-electron chi connectivity index (χ0n) is 13.6. The maximum Gasteiger partial charge on any atom is 0.338 e. The lowest BCUT2D eigenvalue weighted by atomic mass is 9.84. The van der Waals surface area contributed by atoms with Crippen molar-refractivity contribution in [2.45, 2.75) is 45.6 Å². The van der Waals surface area contributed by atoms with Crippen molar-refractivity contribution in [2.24, 2.45) is 0 Å². The molecule has 0 saturated carbocycles. The van der Waals surface area contributed by atoms with Crippen LogP contribution in [0.4, 0.5) is 0 Å². The summed E-state index contributed by atoms with van der Waals surface area (Å²) >= 11 is 0. The fourth-order valence-electron chi connectivity index (χ4n) is 2.67. The van der Waals surface area contributed by atoms with Crippen molar-refractivity contribution >= 4 is 17.5 Å². The topological polar surface area (TPSA) is 52.6 Å². The van der Waals surface area contributed by atoms with E-state index in [1.165, 1.54) is 7.11 Å². The second-order valence-electron chi connectivity index (χ2n) is 6.38. The monoisotopic (exact) mass is 302 g/mol. The van der Waals surface area contributed by atoms with Gasteiger partial charge in [0.15, 0.2) is 0 Å². The van der Waals surface area contributed by atoms with E-state index in [0.29, 0.717) is 5.56 Å². The van der Waals surface area contributed by atoms with Crippen LogP contribution >= 0.6 is 0 Å². The molecule has 22 heavy (non-hydrogen) atoms. The largest absolute Gasteiger partial charge is 0.465 e. The molecule has 0 atom stereocenters. The molecule has 0 amide bonds. The lowest BCUT2D eigenvalue weighted by Gasteiger charge is -2.22. The van der Waals surface area contributed by atoms with Crippen LogP contribution in [0.2, 0.25) is 0 Å². The molecule has 0 unspecified atom stereocenters. The molecule has 4 nitrogen and oxygen atoms in total. The van der Waals surface area contributed by atoms with Crippen LogP contribution in [0.25, 0.3) is 5.57 Å². The number of fused-ring (bicyclic) bond motifs is 1. The first-order chi connectivity index (χ1) is 10.3. The summed E-state index contributed by atoms with van der Waals surface area (Å²) in [5.74, 6) is -0.686. The molecule has 0 spiro atoms. The molecule has 0 saturated heterocycles. The van der Waals surface area contributed by atoms with Crippen molar-refractivity contribution < 1.29 is 19.1 Å². The van der Waals surface area contributed by atoms with E-state index in [4.69, 9.17) is 9.47 Å². The minimum absolute atomic E-state index is 0.338. The maximum absolute atomic E-state index is 12.0. The average molecular weight is 302 g/mol. The normalized spacial score (nSPS) is 16.1. The molecular weight excluding hydrogens is 280 g/mol. The van der Waals surface area contributed by atoms with Crippen molar-refractivity contribution in [3.63, 3.8) is 0 Å². The van der Waals surface area contributed by atoms with Crippen LogP contribution in [0.3, 0.4) is 0 Å². The van der Waals surface area contributed by atoms with Gasteiger partial charge in [0.1, 0.15) is 5.60 Å². The zero-order chi connectivity index (χ0) is 16.3. The Bertz CT molecular complexity index is 620. The Morgan fingerprint density at radius 2 is 1.91 bits per heavy atom. The molecule has 0 bridgehead atoms. The van der Waals surface area contributed by atoms with Gasteiger partial charge in [0.05, 0.1) is 12.7 Å². The minimum atomic E-state index is -0.514. The molecule has 1 aliphatic carbocycles. The fraction of sp³-hybridized carbons (Fsp3) is 0.444. The van der Waals surface area contributed by atoms with Crippen molar-refractivity contribution in [3.05, 3.63) is 41.0 Å². The third-order valence-electron chi connectivity index (χ3n) is 3.50. The Balaban J connectivity index is 2.37. The van der Waals surface area contributed by atoms with Crippen LogP contribution in [-0.2, 0) is 20.7 Å². The summed E-state index contributed by atoms with van der Waals surface area (Å²) in [6.45, 7) is 5.52. The van der Waals surface area contributed by atoms with Crippen LogP contribution < -0.4 is 0 Å². The number of hydrogen-bond donors (Lipinski definition) is 0. The van der Waals surface area contributed by atoms with Gasteiger partial charge < -0.3 is 9.47 Å². The Kier molecular flexibility index (Phi) is 4.69. The number of carbonyl (C=O) groups excluding carboxylic acids is 2. The predicted octanol–water partition coefficient (Wildman–Crippen LogP) is 3.53. The molecule has 1 aromatic carbocycles. The van der Waals surface area contributed by atoms with Gasteiger partial charge in [0.2, 0.25) is 0 Å². The standard InChI is InChI=1S/C18H22O4/c1-18(2,3)22-16(19)11-12-7-5-9-14-13(12)8-6-10-15(14)17(20)21-4/h6,8,10-11H,5,7,9H2,1-4H3/b12-11+. The molecule has 0 N–H and O–H groups in total. The third-order valence-corrected chi connectivity index (χ3v) is 3.50. The van der Waals surface area contributed by atoms with Gasteiger partial charge in [-0.25, -0.2) is 9.59 Å². The Morgan fingerprint density at radius 1 is 1.18 bits per heavy atom. The van der Waals surface area contributed by atoms with E-state index >= 15 is 0 Å². The van der Waals surface area contributed by atoms with Crippen molar-refractivity contribution in [1.82, 2.24) is 0 Å². The highest BCUT2D eigenvalue weighted by atomic mass is 16.6. The molecule has 2 rings (SSSR count). The highest BCUT2D eigenvalue weighted by molar-refractivity contribution is 5.96. The summed E-state index contributed by atoms with van der Waals surface area (Å²) in [6, 6.07) is 5.53. The SMILES string of the molecule is COC(=O)c1cccc2c1CCC/C2=C\C(=O)OC(C)(C)C. The van der Waals surface area contributed by atoms with Gasteiger partial charge in [-0.05, 0) is 62.8 Å². The average Bonchev–Trinajstić information content (AvgIpc) is 2.44. The van der Waals surface area contributed by atoms with Gasteiger partial charge >= 0.3 is 11.9 Å². The maximum atomic E-state index is 12.0. The second-order valence-corrected chi connectivity index (χ2v) is 6.38. The Hall–Kier alpha value is -2.10. The molecule has 1 aromatic rings. The van der Waals surface area contributed by atoms with E-state index in [0.717, 1.165) is 36.0 Å². The third kappa shape index (κ3) is 3.75. The van der Waals surface area contributed by atoms with E-state index in [1.54, 1.807) is 12.1 Å². The molecule has 0 heterocycles. The molecule has 118 valence electrons. The van der Waals surface area contributed by atoms with Crippen LogP contribution in [0, 0.1) is 0 Å². The number of allylic oxidation sites excluding steroid dienone is 1. The minimum Gasteiger partial charge on any atom is -0.465 e. The van der Waals surface area contributed by atoms with Crippen LogP contribution in [-0.4, -0.2) is 24.6 Å². The molecule has 1 aliphatic rings. The number of hydrogen-bond acceptors (Lipinski definition) is 4. The zero-order valence-corrected chi connectivity index (χ0v) is 13.6. The van der Waals surface area contributed by atoms with Gasteiger partial charge in [0.25, 0.3) is 0 Å². The van der Waals surface area contributed by atoms with Crippen molar-refractivity contribution in [1.29, 1.82) is 0 Å². The fourth-order valence-corrected chi connectivity index (χ4v) is 2.67. The van der Waals surface area contributed by atoms with E-state index in [1.807, 2.05) is 32.9 Å². The van der Waals surface area contributed by atoms with Gasteiger partial charge in [-0.3, -0.25) is 0 Å². The van der Waals surface area contributed by atoms with E-state index < -0.39 is 5.60 Å². The van der Waals surface area contributed by atoms with Crippen molar-refractivity contribution in [3.8, 4) is 0 Å². The number of carbonyl (C=O) groups is 2. The number of methoxy groups -OCH3 is 1. The van der Waals surface area contributed by atoms with Crippen molar-refractivity contribution in [2.75, 3.05) is 7.11 Å². The first kappa shape index (κ1) is 16.3. The molecule has 0 aliphatic heterocycles. The summed E-state index contributed by atoms with van der Waals surface area (Å²) in [5.41, 5.74) is 2.88. The van der Waals surface area contributed by atoms with E-state index in [2.05, 4.69) is 0 Å². The summed E-state index contributed by atoms with van der Waals surface area (Å²) in [6.07, 6.45) is 4.06. The highest BCUT2D eigenvalue weighted by Gasteiger charge is 2.22. The Morgan fingerprint density at radius 3 is 2.55 bits per heavy atom. The molecule has 4 heteroatoms. The molecule has 0 radical (unpaired) electrons. The lowest BCUT2D eigenvalue weighted by molar-refractivity contribution is -0.148. The lowest BCUT2D eigenvalue weighted by Crippen LogP contribution is -2.23. The number of esters is 2. The summed E-state index contributed by atoms with van der Waals surface area (Å²) in [5, 5.41) is 0. The van der Waals surface area contributed by atoms with Gasteiger partial charge in [-0.2, -0.15) is 0 Å². The highest BCUT2D eigenvalue weighted by Crippen LogP contribution is 2.33. The quantitative estimate of drug-likeness (QED) is 0.619. The van der Waals surface area contributed by atoms with Gasteiger partial charge in [0, 0.05) is 6.08 Å². The molecule has 0 aromatic heterocycles. The summed E-state index contributed by atoms with van der Waals surface area (Å²) in [4.78, 5) is 23.9. The van der Waals surface area contributed by atoms with Crippen LogP contribution in [0.5, 0.6) is 0 Å². The van der Waals surface area contributed by atoms with E-state index in [-0.39, 0.29) is 11.9 Å². The molecular formula is C18H22O4.